The van der Waals surface area contributed by atoms with Gasteiger partial charge < -0.3 is 5.73 Å². The molecule has 3 aromatic rings. The molecule has 8 nitrogen and oxygen atoms in total. The van der Waals surface area contributed by atoms with Crippen LogP contribution in [0.25, 0.3) is 11.5 Å². The highest BCUT2D eigenvalue weighted by Gasteiger charge is 2.16. The third kappa shape index (κ3) is 1.91. The van der Waals surface area contributed by atoms with Crippen LogP contribution in [0.4, 0.5) is 5.69 Å². The molecule has 0 aliphatic carbocycles. The lowest BCUT2D eigenvalue weighted by atomic mass is 10.2. The fourth-order valence-electron chi connectivity index (χ4n) is 2.50. The molecule has 0 fully saturated rings. The maximum Gasteiger partial charge on any atom is 0.349 e. The Bertz CT molecular complexity index is 871. The zero-order chi connectivity index (χ0) is 15.1. The Kier molecular flexibility index (Phi) is 3.00. The number of fused-ring (bicyclic) bond motifs is 1. The Hall–Kier alpha value is -2.64. The summed E-state index contributed by atoms with van der Waals surface area (Å²) in [6.07, 6.45) is 1.51. The van der Waals surface area contributed by atoms with Crippen LogP contribution in [0.2, 0.25) is 0 Å². The van der Waals surface area contributed by atoms with Gasteiger partial charge in [0.1, 0.15) is 5.82 Å². The van der Waals surface area contributed by atoms with Crippen LogP contribution >= 0.6 is 0 Å². The van der Waals surface area contributed by atoms with Gasteiger partial charge in [-0.15, -0.1) is 0 Å². The molecule has 0 aliphatic rings. The first kappa shape index (κ1) is 13.3. The van der Waals surface area contributed by atoms with Gasteiger partial charge in [-0.2, -0.15) is 10.2 Å². The molecule has 0 radical (unpaired) electrons. The van der Waals surface area contributed by atoms with E-state index >= 15 is 0 Å². The second kappa shape index (κ2) is 4.72. The number of aromatic amines is 1. The van der Waals surface area contributed by atoms with Crippen LogP contribution in [0.15, 0.2) is 10.9 Å². The third-order valence-corrected chi connectivity index (χ3v) is 3.54. The van der Waals surface area contributed by atoms with Crippen LogP contribution in [-0.2, 0) is 12.8 Å². The Morgan fingerprint density at radius 1 is 1.33 bits per heavy atom. The first-order chi connectivity index (χ1) is 10.1. The van der Waals surface area contributed by atoms with E-state index in [1.165, 1.54) is 4.40 Å². The summed E-state index contributed by atoms with van der Waals surface area (Å²) in [5.74, 6) is 1.16. The van der Waals surface area contributed by atoms with E-state index in [1.54, 1.807) is 17.7 Å². The van der Waals surface area contributed by atoms with Gasteiger partial charge in [0.05, 0.1) is 17.1 Å². The van der Waals surface area contributed by atoms with Crippen molar-refractivity contribution in [3.05, 3.63) is 33.8 Å². The van der Waals surface area contributed by atoms with Crippen LogP contribution in [0.1, 0.15) is 31.1 Å². The van der Waals surface area contributed by atoms with E-state index in [4.69, 9.17) is 5.73 Å². The number of nitrogen functional groups attached to an aromatic ring is 1. The Morgan fingerprint density at radius 3 is 2.76 bits per heavy atom. The smallest absolute Gasteiger partial charge is 0.349 e. The fraction of sp³-hybridized carbons (Fsp3) is 0.385. The van der Waals surface area contributed by atoms with Crippen molar-refractivity contribution in [2.75, 3.05) is 5.73 Å². The molecule has 3 aromatic heterocycles. The number of nitrogens with two attached hydrogens (primary N) is 1. The Balaban J connectivity index is 2.28. The molecule has 0 aliphatic heterocycles. The summed E-state index contributed by atoms with van der Waals surface area (Å²) in [6.45, 7) is 5.79. The molecule has 0 bridgehead atoms. The van der Waals surface area contributed by atoms with Crippen molar-refractivity contribution in [1.82, 2.24) is 29.4 Å². The zero-order valence-corrected chi connectivity index (χ0v) is 12.2. The first-order valence-electron chi connectivity index (χ1n) is 6.88. The number of hydrogen-bond donors (Lipinski definition) is 2. The maximum absolute atomic E-state index is 11.6. The van der Waals surface area contributed by atoms with E-state index in [9.17, 15) is 4.79 Å². The van der Waals surface area contributed by atoms with Gasteiger partial charge >= 0.3 is 5.69 Å². The lowest BCUT2D eigenvalue weighted by Crippen LogP contribution is -2.15. The topological polar surface area (TPSA) is 107 Å². The Labute approximate surface area is 120 Å². The monoisotopic (exact) mass is 287 g/mol. The number of rotatable bonds is 3. The van der Waals surface area contributed by atoms with Crippen molar-refractivity contribution in [2.45, 2.75) is 33.6 Å². The molecule has 0 saturated heterocycles. The van der Waals surface area contributed by atoms with Crippen molar-refractivity contribution in [3.63, 3.8) is 0 Å². The number of anilines is 1. The van der Waals surface area contributed by atoms with Crippen molar-refractivity contribution in [2.24, 2.45) is 0 Å². The third-order valence-electron chi connectivity index (χ3n) is 3.54. The van der Waals surface area contributed by atoms with E-state index in [2.05, 4.69) is 20.3 Å². The number of hydrogen-bond acceptors (Lipinski definition) is 5. The summed E-state index contributed by atoms with van der Waals surface area (Å²) in [7, 11) is 0. The summed E-state index contributed by atoms with van der Waals surface area (Å²) in [5.41, 5.74) is 8.82. The predicted octanol–water partition coefficient (Wildman–Crippen LogP) is 0.619. The summed E-state index contributed by atoms with van der Waals surface area (Å²) in [6, 6.07) is 1.72. The average Bonchev–Trinajstić information content (AvgIpc) is 2.99. The standard InChI is InChI=1S/C13H17N7O/c1-4-8-12(14)9(5-2)20(18-8)10-6-11-16-17-13(21)19(11)7(3)15-10/h6H,4-5,14H2,1-3H3,(H,17,21). The molecule has 0 unspecified atom stereocenters. The maximum atomic E-state index is 11.6. The molecule has 3 rings (SSSR count). The van der Waals surface area contributed by atoms with E-state index in [1.807, 2.05) is 13.8 Å². The number of aryl methyl sites for hydroxylation is 2. The van der Waals surface area contributed by atoms with Gasteiger partial charge in [-0.3, -0.25) is 0 Å². The van der Waals surface area contributed by atoms with E-state index in [0.717, 1.165) is 24.2 Å². The minimum Gasteiger partial charge on any atom is -0.396 e. The van der Waals surface area contributed by atoms with Gasteiger partial charge in [-0.25, -0.2) is 24.0 Å². The summed E-state index contributed by atoms with van der Waals surface area (Å²) < 4.78 is 3.16. The van der Waals surface area contributed by atoms with E-state index in [0.29, 0.717) is 23.0 Å². The van der Waals surface area contributed by atoms with Crippen molar-refractivity contribution in [1.29, 1.82) is 0 Å². The molecule has 21 heavy (non-hydrogen) atoms. The van der Waals surface area contributed by atoms with Gasteiger partial charge in [0.2, 0.25) is 0 Å². The SMILES string of the molecule is CCc1nn(-c2cc3n[nH]c(=O)n3c(C)n2)c(CC)c1N. The molecule has 110 valence electrons. The number of aromatic nitrogens is 6. The van der Waals surface area contributed by atoms with Crippen LogP contribution < -0.4 is 11.4 Å². The molecule has 0 saturated carbocycles. The van der Waals surface area contributed by atoms with E-state index < -0.39 is 0 Å². The molecule has 0 atom stereocenters. The first-order valence-corrected chi connectivity index (χ1v) is 6.88. The molecule has 3 heterocycles. The lowest BCUT2D eigenvalue weighted by molar-refractivity contribution is 0.759. The minimum atomic E-state index is -0.300. The highest BCUT2D eigenvalue weighted by Crippen LogP contribution is 2.21. The Morgan fingerprint density at radius 2 is 2.10 bits per heavy atom. The second-order valence-electron chi connectivity index (χ2n) is 4.81. The fourth-order valence-corrected chi connectivity index (χ4v) is 2.50. The molecule has 0 spiro atoms. The molecule has 0 aromatic carbocycles. The van der Waals surface area contributed by atoms with Crippen molar-refractivity contribution >= 4 is 11.3 Å². The number of nitrogens with one attached hydrogen (secondary N) is 1. The van der Waals surface area contributed by atoms with E-state index in [-0.39, 0.29) is 5.69 Å². The van der Waals surface area contributed by atoms with Gasteiger partial charge in [-0.1, -0.05) is 13.8 Å². The van der Waals surface area contributed by atoms with Gasteiger partial charge in [-0.05, 0) is 19.8 Å². The highest BCUT2D eigenvalue weighted by atomic mass is 16.1. The molecule has 8 heteroatoms. The van der Waals surface area contributed by atoms with Crippen LogP contribution in [0.3, 0.4) is 0 Å². The number of nitrogens with zero attached hydrogens (tertiary/aromatic N) is 5. The van der Waals surface area contributed by atoms with Crippen LogP contribution in [0.5, 0.6) is 0 Å². The molecular formula is C13H17N7O. The predicted molar refractivity (Wildman–Crippen MR) is 78.6 cm³/mol. The summed E-state index contributed by atoms with van der Waals surface area (Å²) in [4.78, 5) is 16.1. The largest absolute Gasteiger partial charge is 0.396 e. The van der Waals surface area contributed by atoms with Crippen LogP contribution in [0, 0.1) is 6.92 Å². The zero-order valence-electron chi connectivity index (χ0n) is 12.2. The minimum absolute atomic E-state index is 0.300. The van der Waals surface area contributed by atoms with Gasteiger partial charge in [0.15, 0.2) is 11.5 Å². The van der Waals surface area contributed by atoms with Gasteiger partial charge in [0, 0.05) is 6.07 Å². The second-order valence-corrected chi connectivity index (χ2v) is 4.81. The molecular weight excluding hydrogens is 270 g/mol. The summed E-state index contributed by atoms with van der Waals surface area (Å²) >= 11 is 0. The van der Waals surface area contributed by atoms with Gasteiger partial charge in [0.25, 0.3) is 0 Å². The van der Waals surface area contributed by atoms with Crippen molar-refractivity contribution < 1.29 is 0 Å². The number of H-pyrrole nitrogens is 1. The quantitative estimate of drug-likeness (QED) is 0.734. The molecule has 3 N–H and O–H groups in total. The lowest BCUT2D eigenvalue weighted by Gasteiger charge is -2.07. The highest BCUT2D eigenvalue weighted by molar-refractivity contribution is 5.52. The summed E-state index contributed by atoms with van der Waals surface area (Å²) in [5, 5.41) is 10.9. The van der Waals surface area contributed by atoms with Crippen LogP contribution in [-0.4, -0.2) is 29.4 Å². The average molecular weight is 287 g/mol. The normalized spacial score (nSPS) is 11.4. The molecule has 0 amide bonds. The van der Waals surface area contributed by atoms with Crippen molar-refractivity contribution in [3.8, 4) is 5.82 Å².